The molecule has 1 amide bonds. The highest BCUT2D eigenvalue weighted by Gasteiger charge is 2.18. The monoisotopic (exact) mass is 439 g/mol. The zero-order valence-electron chi connectivity index (χ0n) is 17.6. The molecule has 0 unspecified atom stereocenters. The Kier molecular flexibility index (Phi) is 7.11. The van der Waals surface area contributed by atoms with E-state index >= 15 is 0 Å². The van der Waals surface area contributed by atoms with Crippen LogP contribution in [0.3, 0.4) is 0 Å². The molecule has 9 heteroatoms. The van der Waals surface area contributed by atoms with Crippen molar-refractivity contribution in [2.45, 2.75) is 19.9 Å². The van der Waals surface area contributed by atoms with Gasteiger partial charge in [0.2, 0.25) is 5.91 Å². The zero-order valence-corrected chi connectivity index (χ0v) is 17.6. The number of halogens is 1. The fourth-order valence-electron chi connectivity index (χ4n) is 3.25. The van der Waals surface area contributed by atoms with Gasteiger partial charge >= 0.3 is 5.97 Å². The Labute approximate surface area is 183 Å². The molecular formula is C23H22FN3O5. The molecule has 0 radical (unpaired) electrons. The van der Waals surface area contributed by atoms with Gasteiger partial charge < -0.3 is 15.2 Å². The maximum Gasteiger partial charge on any atom is 0.337 e. The van der Waals surface area contributed by atoms with E-state index in [9.17, 15) is 23.9 Å². The van der Waals surface area contributed by atoms with Crippen LogP contribution in [0, 0.1) is 12.7 Å². The topological polar surface area (TPSA) is 111 Å². The summed E-state index contributed by atoms with van der Waals surface area (Å²) in [4.78, 5) is 41.7. The Morgan fingerprint density at radius 2 is 1.91 bits per heavy atom. The number of anilines is 1. The van der Waals surface area contributed by atoms with Crippen LogP contribution in [-0.2, 0) is 22.5 Å². The second-order valence-corrected chi connectivity index (χ2v) is 6.99. The first-order valence-corrected chi connectivity index (χ1v) is 9.79. The molecule has 0 aliphatic carbocycles. The molecule has 32 heavy (non-hydrogen) atoms. The summed E-state index contributed by atoms with van der Waals surface area (Å²) in [5.74, 6) is -1.38. The summed E-state index contributed by atoms with van der Waals surface area (Å²) in [6, 6.07) is 11.6. The summed E-state index contributed by atoms with van der Waals surface area (Å²) in [6.07, 6.45) is 0.0811. The Morgan fingerprint density at radius 3 is 2.53 bits per heavy atom. The lowest BCUT2D eigenvalue weighted by atomic mass is 10.1. The number of esters is 1. The average molecular weight is 439 g/mol. The Morgan fingerprint density at radius 1 is 1.19 bits per heavy atom. The molecule has 0 spiro atoms. The van der Waals surface area contributed by atoms with Gasteiger partial charge in [0, 0.05) is 35.5 Å². The lowest BCUT2D eigenvalue weighted by Gasteiger charge is -2.16. The van der Waals surface area contributed by atoms with E-state index in [-0.39, 0.29) is 31.0 Å². The van der Waals surface area contributed by atoms with E-state index in [0.717, 1.165) is 4.57 Å². The number of hydrogen-bond acceptors (Lipinski definition) is 6. The van der Waals surface area contributed by atoms with Crippen LogP contribution in [0.4, 0.5) is 10.1 Å². The molecule has 3 rings (SSSR count). The predicted molar refractivity (Wildman–Crippen MR) is 116 cm³/mol. The van der Waals surface area contributed by atoms with Crippen molar-refractivity contribution in [2.24, 2.45) is 0 Å². The van der Waals surface area contributed by atoms with Gasteiger partial charge in [-0.2, -0.15) is 0 Å². The van der Waals surface area contributed by atoms with Gasteiger partial charge in [-0.05, 0) is 43.3 Å². The van der Waals surface area contributed by atoms with Gasteiger partial charge in [-0.3, -0.25) is 14.2 Å². The molecule has 0 aliphatic heterocycles. The minimum Gasteiger partial charge on any atom is -0.465 e. The quantitative estimate of drug-likeness (QED) is 0.547. The Bertz CT molecular complexity index is 1210. The van der Waals surface area contributed by atoms with Gasteiger partial charge in [-0.1, -0.05) is 12.1 Å². The van der Waals surface area contributed by atoms with Gasteiger partial charge in [-0.25, -0.2) is 14.2 Å². The summed E-state index contributed by atoms with van der Waals surface area (Å²) in [6.45, 7) is 0.993. The number of nitrogens with zero attached hydrogens (tertiary/aromatic N) is 2. The van der Waals surface area contributed by atoms with Crippen LogP contribution in [0.25, 0.3) is 11.4 Å². The molecule has 0 saturated carbocycles. The third-order valence-electron chi connectivity index (χ3n) is 4.81. The molecule has 0 fully saturated rings. The third kappa shape index (κ3) is 5.06. The fraction of sp³-hybridized carbons (Fsp3) is 0.217. The number of benzene rings is 2. The van der Waals surface area contributed by atoms with E-state index in [0.29, 0.717) is 22.5 Å². The molecule has 2 N–H and O–H groups in total. The van der Waals surface area contributed by atoms with Crippen LogP contribution in [0.2, 0.25) is 0 Å². The number of aromatic nitrogens is 2. The minimum atomic E-state index is -0.517. The second kappa shape index (κ2) is 9.97. The molecule has 0 saturated heterocycles. The lowest BCUT2D eigenvalue weighted by Crippen LogP contribution is -2.33. The molecule has 1 aromatic heterocycles. The number of aliphatic hydroxyl groups is 1. The SMILES string of the molecule is COC(=O)c1ccc(NC(=O)Cn2c(-c3cccc(F)c3)nc(C)c(CCO)c2=O)cc1. The van der Waals surface area contributed by atoms with Crippen molar-refractivity contribution >= 4 is 17.6 Å². The molecule has 3 aromatic rings. The summed E-state index contributed by atoms with van der Waals surface area (Å²) in [5.41, 5.74) is 1.28. The van der Waals surface area contributed by atoms with Gasteiger partial charge in [0.15, 0.2) is 0 Å². The standard InChI is InChI=1S/C23H22FN3O5/c1-14-19(10-11-28)22(30)27(21(25-14)16-4-3-5-17(24)12-16)13-20(29)26-18-8-6-15(7-9-18)23(31)32-2/h3-9,12,28H,10-11,13H2,1-2H3,(H,26,29). The van der Waals surface area contributed by atoms with Gasteiger partial charge in [0.05, 0.1) is 12.7 Å². The van der Waals surface area contributed by atoms with Crippen molar-refractivity contribution in [3.05, 3.63) is 81.5 Å². The first-order chi connectivity index (χ1) is 15.3. The lowest BCUT2D eigenvalue weighted by molar-refractivity contribution is -0.116. The average Bonchev–Trinajstić information content (AvgIpc) is 2.78. The molecule has 0 atom stereocenters. The van der Waals surface area contributed by atoms with Crippen molar-refractivity contribution in [3.8, 4) is 11.4 Å². The maximum absolute atomic E-state index is 13.8. The molecule has 166 valence electrons. The molecule has 0 aliphatic rings. The van der Waals surface area contributed by atoms with Crippen molar-refractivity contribution < 1.29 is 23.8 Å². The number of aliphatic hydroxyl groups excluding tert-OH is 1. The van der Waals surface area contributed by atoms with E-state index < -0.39 is 23.3 Å². The van der Waals surface area contributed by atoms with Crippen LogP contribution >= 0.6 is 0 Å². The first kappa shape index (κ1) is 22.8. The van der Waals surface area contributed by atoms with E-state index in [4.69, 9.17) is 0 Å². The van der Waals surface area contributed by atoms with Crippen molar-refractivity contribution in [3.63, 3.8) is 0 Å². The van der Waals surface area contributed by atoms with Crippen molar-refractivity contribution in [1.82, 2.24) is 9.55 Å². The zero-order chi connectivity index (χ0) is 23.3. The largest absolute Gasteiger partial charge is 0.465 e. The third-order valence-corrected chi connectivity index (χ3v) is 4.81. The Hall–Kier alpha value is -3.85. The number of hydrogen-bond donors (Lipinski definition) is 2. The van der Waals surface area contributed by atoms with Gasteiger partial charge in [-0.15, -0.1) is 0 Å². The highest BCUT2D eigenvalue weighted by atomic mass is 19.1. The smallest absolute Gasteiger partial charge is 0.337 e. The van der Waals surface area contributed by atoms with Crippen molar-refractivity contribution in [2.75, 3.05) is 19.0 Å². The minimum absolute atomic E-state index is 0.0811. The molecular weight excluding hydrogens is 417 g/mol. The first-order valence-electron chi connectivity index (χ1n) is 9.79. The number of carbonyl (C=O) groups excluding carboxylic acids is 2. The second-order valence-electron chi connectivity index (χ2n) is 6.99. The van der Waals surface area contributed by atoms with E-state index in [1.54, 1.807) is 13.0 Å². The number of ether oxygens (including phenoxy) is 1. The molecule has 1 heterocycles. The van der Waals surface area contributed by atoms with Gasteiger partial charge in [0.25, 0.3) is 5.56 Å². The van der Waals surface area contributed by atoms with Crippen LogP contribution in [0.1, 0.15) is 21.6 Å². The summed E-state index contributed by atoms with van der Waals surface area (Å²) in [7, 11) is 1.27. The highest BCUT2D eigenvalue weighted by Crippen LogP contribution is 2.19. The fourth-order valence-corrected chi connectivity index (χ4v) is 3.25. The molecule has 8 nitrogen and oxygen atoms in total. The normalized spacial score (nSPS) is 10.6. The summed E-state index contributed by atoms with van der Waals surface area (Å²) < 4.78 is 19.6. The number of methoxy groups -OCH3 is 1. The predicted octanol–water partition coefficient (Wildman–Crippen LogP) is 2.32. The number of rotatable bonds is 7. The highest BCUT2D eigenvalue weighted by molar-refractivity contribution is 5.93. The summed E-state index contributed by atoms with van der Waals surface area (Å²) >= 11 is 0. The van der Waals surface area contributed by atoms with Crippen LogP contribution in [-0.4, -0.2) is 40.3 Å². The molecule has 2 aromatic carbocycles. The van der Waals surface area contributed by atoms with Crippen LogP contribution in [0.5, 0.6) is 0 Å². The van der Waals surface area contributed by atoms with Crippen LogP contribution in [0.15, 0.2) is 53.3 Å². The summed E-state index contributed by atoms with van der Waals surface area (Å²) in [5, 5.41) is 12.0. The molecule has 0 bridgehead atoms. The van der Waals surface area contributed by atoms with E-state index in [1.807, 2.05) is 0 Å². The maximum atomic E-state index is 13.8. The van der Waals surface area contributed by atoms with E-state index in [1.165, 1.54) is 49.6 Å². The van der Waals surface area contributed by atoms with Crippen molar-refractivity contribution in [1.29, 1.82) is 0 Å². The van der Waals surface area contributed by atoms with E-state index in [2.05, 4.69) is 15.0 Å². The number of amides is 1. The van der Waals surface area contributed by atoms with Gasteiger partial charge in [0.1, 0.15) is 18.2 Å². The van der Waals surface area contributed by atoms with Crippen LogP contribution < -0.4 is 10.9 Å². The number of carbonyl (C=O) groups is 2. The number of aryl methyl sites for hydroxylation is 1. The number of nitrogens with one attached hydrogen (secondary N) is 1. The Balaban J connectivity index is 1.94.